The van der Waals surface area contributed by atoms with Gasteiger partial charge in [-0.05, 0) is 48.0 Å². The molecule has 0 unspecified atom stereocenters. The molecule has 0 aliphatic carbocycles. The van der Waals surface area contributed by atoms with Crippen LogP contribution in [-0.4, -0.2) is 30.1 Å². The molecule has 1 aliphatic heterocycles. The topological polar surface area (TPSA) is 84.8 Å². The fourth-order valence-corrected chi connectivity index (χ4v) is 2.84. The van der Waals surface area contributed by atoms with Crippen molar-refractivity contribution in [1.82, 2.24) is 10.3 Å². The van der Waals surface area contributed by atoms with E-state index in [0.29, 0.717) is 36.9 Å². The number of carbonyl (C=O) groups excluding carboxylic acids is 1. The van der Waals surface area contributed by atoms with Crippen molar-refractivity contribution in [1.29, 1.82) is 0 Å². The van der Waals surface area contributed by atoms with Crippen molar-refractivity contribution < 1.29 is 18.7 Å². The van der Waals surface area contributed by atoms with Crippen LogP contribution in [0.3, 0.4) is 0 Å². The number of amides is 1. The third-order valence-electron chi connectivity index (χ3n) is 4.29. The van der Waals surface area contributed by atoms with Gasteiger partial charge >= 0.3 is 0 Å². The van der Waals surface area contributed by atoms with Crippen LogP contribution >= 0.6 is 0 Å². The lowest BCUT2D eigenvalue weighted by Crippen LogP contribution is -2.36. The molecular formula is C22H19FN4O3. The first-order valence-electron chi connectivity index (χ1n) is 9.34. The highest BCUT2D eigenvalue weighted by atomic mass is 19.1. The molecule has 0 spiro atoms. The first-order chi connectivity index (χ1) is 14.7. The Balaban J connectivity index is 1.55. The molecule has 30 heavy (non-hydrogen) atoms. The average molecular weight is 406 g/mol. The predicted molar refractivity (Wildman–Crippen MR) is 110 cm³/mol. The molecule has 7 nitrogen and oxygen atoms in total. The van der Waals surface area contributed by atoms with Crippen LogP contribution in [0.1, 0.15) is 15.9 Å². The molecule has 4 rings (SSSR count). The first-order valence-corrected chi connectivity index (χ1v) is 9.34. The highest BCUT2D eigenvalue weighted by molar-refractivity contribution is 6.10. The van der Waals surface area contributed by atoms with Gasteiger partial charge in [-0.2, -0.15) is 0 Å². The van der Waals surface area contributed by atoms with Gasteiger partial charge in [0.2, 0.25) is 5.96 Å². The second-order valence-electron chi connectivity index (χ2n) is 6.47. The summed E-state index contributed by atoms with van der Waals surface area (Å²) >= 11 is 0. The van der Waals surface area contributed by atoms with E-state index >= 15 is 0 Å². The van der Waals surface area contributed by atoms with Crippen LogP contribution in [0.4, 0.5) is 10.1 Å². The Kier molecular flexibility index (Phi) is 5.84. The fraction of sp³-hybridized carbons (Fsp3) is 0.136. The van der Waals surface area contributed by atoms with Crippen LogP contribution in [0.25, 0.3) is 0 Å². The summed E-state index contributed by atoms with van der Waals surface area (Å²) < 4.78 is 24.6. The number of nitrogens with zero attached hydrogens (tertiary/aromatic N) is 2. The number of halogens is 1. The van der Waals surface area contributed by atoms with E-state index in [0.717, 1.165) is 5.56 Å². The van der Waals surface area contributed by atoms with Crippen LogP contribution in [0.5, 0.6) is 11.5 Å². The fourth-order valence-electron chi connectivity index (χ4n) is 2.84. The summed E-state index contributed by atoms with van der Waals surface area (Å²) in [6, 6.07) is 14.5. The van der Waals surface area contributed by atoms with E-state index in [1.165, 1.54) is 24.3 Å². The lowest BCUT2D eigenvalue weighted by Gasteiger charge is -2.19. The minimum Gasteiger partial charge on any atom is -0.486 e. The Morgan fingerprint density at radius 2 is 1.83 bits per heavy atom. The van der Waals surface area contributed by atoms with Crippen LogP contribution < -0.4 is 20.1 Å². The number of guanidine groups is 1. The van der Waals surface area contributed by atoms with Crippen molar-refractivity contribution in [3.8, 4) is 11.5 Å². The number of fused-ring (bicyclic) bond motifs is 1. The molecule has 0 fully saturated rings. The number of benzene rings is 2. The minimum atomic E-state index is -0.488. The van der Waals surface area contributed by atoms with Gasteiger partial charge in [0.15, 0.2) is 11.5 Å². The van der Waals surface area contributed by atoms with Crippen molar-refractivity contribution in [2.24, 2.45) is 4.99 Å². The van der Waals surface area contributed by atoms with Crippen LogP contribution in [0.2, 0.25) is 0 Å². The normalized spacial score (nSPS) is 12.9. The first kappa shape index (κ1) is 19.4. The molecule has 2 aromatic carbocycles. The van der Waals surface area contributed by atoms with E-state index in [1.807, 2.05) is 12.1 Å². The van der Waals surface area contributed by atoms with Gasteiger partial charge in [-0.1, -0.05) is 6.07 Å². The third kappa shape index (κ3) is 4.91. The highest BCUT2D eigenvalue weighted by Crippen LogP contribution is 2.32. The number of rotatable bonds is 4. The maximum Gasteiger partial charge on any atom is 0.258 e. The van der Waals surface area contributed by atoms with Crippen LogP contribution in [-0.2, 0) is 6.54 Å². The standard InChI is InChI=1S/C22H19FN4O3/c23-17-3-1-2-16(12-17)21(28)27-22(25-14-15-6-8-24-9-7-15)26-18-4-5-19-20(13-18)30-11-10-29-19/h1-9,12-13H,10-11,14H2,(H2,25,26,27,28). The average Bonchev–Trinajstić information content (AvgIpc) is 2.78. The minimum absolute atomic E-state index is 0.190. The van der Waals surface area contributed by atoms with E-state index < -0.39 is 11.7 Å². The van der Waals surface area contributed by atoms with Gasteiger partial charge in [0.25, 0.3) is 5.91 Å². The molecule has 0 bridgehead atoms. The maximum atomic E-state index is 13.5. The van der Waals surface area contributed by atoms with E-state index in [9.17, 15) is 9.18 Å². The van der Waals surface area contributed by atoms with Gasteiger partial charge in [-0.15, -0.1) is 0 Å². The van der Waals surface area contributed by atoms with E-state index in [1.54, 1.807) is 30.6 Å². The molecule has 3 aromatic rings. The van der Waals surface area contributed by atoms with Crippen LogP contribution in [0.15, 0.2) is 72.0 Å². The summed E-state index contributed by atoms with van der Waals surface area (Å²) in [7, 11) is 0. The van der Waals surface area contributed by atoms with Gasteiger partial charge in [-0.3, -0.25) is 15.1 Å². The maximum absolute atomic E-state index is 13.5. The number of ether oxygens (including phenoxy) is 2. The zero-order valence-electron chi connectivity index (χ0n) is 16.0. The van der Waals surface area contributed by atoms with Gasteiger partial charge < -0.3 is 14.8 Å². The number of pyridine rings is 1. The van der Waals surface area contributed by atoms with Gasteiger partial charge in [-0.25, -0.2) is 9.38 Å². The largest absolute Gasteiger partial charge is 0.486 e. The lowest BCUT2D eigenvalue weighted by molar-refractivity contribution is 0.0976. The Morgan fingerprint density at radius 3 is 2.63 bits per heavy atom. The molecule has 152 valence electrons. The highest BCUT2D eigenvalue weighted by Gasteiger charge is 2.14. The molecule has 1 amide bonds. The van der Waals surface area contributed by atoms with Crippen molar-refractivity contribution in [2.45, 2.75) is 6.54 Å². The summed E-state index contributed by atoms with van der Waals surface area (Å²) in [5, 5.41) is 5.79. The summed E-state index contributed by atoms with van der Waals surface area (Å²) in [6.45, 7) is 1.29. The molecule has 2 heterocycles. The predicted octanol–water partition coefficient (Wildman–Crippen LogP) is 3.39. The summed E-state index contributed by atoms with van der Waals surface area (Å²) in [5.74, 6) is 0.519. The molecule has 0 atom stereocenters. The summed E-state index contributed by atoms with van der Waals surface area (Å²) in [5.41, 5.74) is 1.77. The number of aliphatic imine (C=N–C) groups is 1. The van der Waals surface area contributed by atoms with Gasteiger partial charge in [0.05, 0.1) is 6.54 Å². The Hall–Kier alpha value is -3.94. The number of aromatic nitrogens is 1. The van der Waals surface area contributed by atoms with E-state index in [4.69, 9.17) is 9.47 Å². The lowest BCUT2D eigenvalue weighted by atomic mass is 10.2. The van der Waals surface area contributed by atoms with Crippen molar-refractivity contribution in [3.63, 3.8) is 0 Å². The molecule has 0 saturated heterocycles. The Bertz CT molecular complexity index is 1070. The quantitative estimate of drug-likeness (QED) is 0.513. The number of anilines is 1. The zero-order valence-corrected chi connectivity index (χ0v) is 16.0. The third-order valence-corrected chi connectivity index (χ3v) is 4.29. The molecule has 0 saturated carbocycles. The number of carbonyl (C=O) groups is 1. The second-order valence-corrected chi connectivity index (χ2v) is 6.47. The summed E-state index contributed by atoms with van der Waals surface area (Å²) in [6.07, 6.45) is 3.34. The van der Waals surface area contributed by atoms with Gasteiger partial charge in [0, 0.05) is 29.7 Å². The smallest absolute Gasteiger partial charge is 0.258 e. The van der Waals surface area contributed by atoms with Crippen molar-refractivity contribution in [2.75, 3.05) is 18.5 Å². The number of hydrogen-bond donors (Lipinski definition) is 2. The second kappa shape index (κ2) is 9.04. The molecule has 8 heteroatoms. The molecule has 0 radical (unpaired) electrons. The zero-order chi connectivity index (χ0) is 20.8. The molecule has 2 N–H and O–H groups in total. The monoisotopic (exact) mass is 406 g/mol. The summed E-state index contributed by atoms with van der Waals surface area (Å²) in [4.78, 5) is 21.0. The number of hydrogen-bond acceptors (Lipinski definition) is 5. The SMILES string of the molecule is O=C(NC(=NCc1ccncc1)Nc1ccc2c(c1)OCCO2)c1cccc(F)c1. The molecular weight excluding hydrogens is 387 g/mol. The number of nitrogens with one attached hydrogen (secondary N) is 2. The molecule has 1 aromatic heterocycles. The molecule has 1 aliphatic rings. The van der Waals surface area contributed by atoms with Crippen LogP contribution in [0, 0.1) is 5.82 Å². The van der Waals surface area contributed by atoms with Gasteiger partial charge in [0.1, 0.15) is 19.0 Å². The van der Waals surface area contributed by atoms with E-state index in [-0.39, 0.29) is 11.5 Å². The van der Waals surface area contributed by atoms with Crippen molar-refractivity contribution >= 4 is 17.6 Å². The van der Waals surface area contributed by atoms with Crippen molar-refractivity contribution in [3.05, 3.63) is 83.9 Å². The Labute approximate surface area is 172 Å². The Morgan fingerprint density at radius 1 is 1.03 bits per heavy atom. The van der Waals surface area contributed by atoms with E-state index in [2.05, 4.69) is 20.6 Å².